The van der Waals surface area contributed by atoms with Crippen LogP contribution in [0.25, 0.3) is 5.70 Å². The molecule has 5 nitrogen and oxygen atoms in total. The maximum atomic E-state index is 9.21. The fraction of sp³-hybridized carbons (Fsp3) is 0.421. The van der Waals surface area contributed by atoms with E-state index in [9.17, 15) is 5.26 Å². The third-order valence-corrected chi connectivity index (χ3v) is 3.87. The average Bonchev–Trinajstić information content (AvgIpc) is 2.54. The summed E-state index contributed by atoms with van der Waals surface area (Å²) in [4.78, 5) is 5.96. The largest absolute Gasteiger partial charge is 0.483 e. The van der Waals surface area contributed by atoms with E-state index in [0.29, 0.717) is 11.4 Å². The van der Waals surface area contributed by atoms with E-state index < -0.39 is 5.60 Å². The molecule has 0 unspecified atom stereocenters. The Morgan fingerprint density at radius 3 is 2.71 bits per heavy atom. The average molecular weight is 322 g/mol. The predicted molar refractivity (Wildman–Crippen MR) is 94.2 cm³/mol. The minimum absolute atomic E-state index is 0.478. The third-order valence-electron chi connectivity index (χ3n) is 3.87. The molecule has 5 heteroatoms. The SMILES string of the molecule is CCCCN(C1=CC(C)(C)Oc2ccc(C#N)cc21)/C(C)=N/C#N. The van der Waals surface area contributed by atoms with Crippen LogP contribution in [0.2, 0.25) is 0 Å². The van der Waals surface area contributed by atoms with Gasteiger partial charge in [0.05, 0.1) is 17.3 Å². The van der Waals surface area contributed by atoms with Crippen LogP contribution in [0.1, 0.15) is 51.7 Å². The van der Waals surface area contributed by atoms with Gasteiger partial charge in [0, 0.05) is 12.1 Å². The zero-order valence-electron chi connectivity index (χ0n) is 14.6. The normalized spacial score (nSPS) is 15.4. The monoisotopic (exact) mass is 322 g/mol. The number of aliphatic imine (C=N–C) groups is 1. The first-order valence-corrected chi connectivity index (χ1v) is 8.09. The summed E-state index contributed by atoms with van der Waals surface area (Å²) in [5.41, 5.74) is 1.89. The van der Waals surface area contributed by atoms with Crippen LogP contribution in [-0.2, 0) is 0 Å². The smallest absolute Gasteiger partial charge is 0.207 e. The van der Waals surface area contributed by atoms with Gasteiger partial charge in [0.15, 0.2) is 0 Å². The molecule has 0 spiro atoms. The van der Waals surface area contributed by atoms with Gasteiger partial charge in [-0.05, 0) is 51.5 Å². The van der Waals surface area contributed by atoms with E-state index in [1.165, 1.54) is 0 Å². The molecular formula is C19H22N4O. The van der Waals surface area contributed by atoms with Gasteiger partial charge < -0.3 is 9.64 Å². The Morgan fingerprint density at radius 2 is 2.08 bits per heavy atom. The summed E-state index contributed by atoms with van der Waals surface area (Å²) >= 11 is 0. The highest BCUT2D eigenvalue weighted by atomic mass is 16.5. The molecule has 0 fully saturated rings. The molecule has 1 aromatic carbocycles. The van der Waals surface area contributed by atoms with Crippen LogP contribution < -0.4 is 4.74 Å². The van der Waals surface area contributed by atoms with Gasteiger partial charge in [0.25, 0.3) is 0 Å². The third kappa shape index (κ3) is 3.75. The molecule has 1 aromatic rings. The summed E-state index contributed by atoms with van der Waals surface area (Å²) in [5.74, 6) is 1.38. The van der Waals surface area contributed by atoms with E-state index in [2.05, 4.69) is 18.0 Å². The van der Waals surface area contributed by atoms with Crippen molar-refractivity contribution in [3.8, 4) is 18.0 Å². The van der Waals surface area contributed by atoms with Gasteiger partial charge in [0.2, 0.25) is 6.19 Å². The van der Waals surface area contributed by atoms with Gasteiger partial charge >= 0.3 is 0 Å². The second-order valence-corrected chi connectivity index (χ2v) is 6.32. The molecule has 0 amide bonds. The van der Waals surface area contributed by atoms with Crippen molar-refractivity contribution in [2.24, 2.45) is 4.99 Å². The molecule has 0 N–H and O–H groups in total. The highest BCUT2D eigenvalue weighted by molar-refractivity contribution is 5.91. The number of ether oxygens (including phenoxy) is 1. The van der Waals surface area contributed by atoms with E-state index >= 15 is 0 Å². The molecular weight excluding hydrogens is 300 g/mol. The number of amidine groups is 1. The molecule has 1 heterocycles. The van der Waals surface area contributed by atoms with Crippen molar-refractivity contribution in [3.63, 3.8) is 0 Å². The molecule has 0 saturated heterocycles. The van der Waals surface area contributed by atoms with Crippen LogP contribution in [-0.4, -0.2) is 22.9 Å². The summed E-state index contributed by atoms with van der Waals surface area (Å²) in [6.07, 6.45) is 5.91. The summed E-state index contributed by atoms with van der Waals surface area (Å²) in [6, 6.07) is 7.58. The van der Waals surface area contributed by atoms with E-state index in [0.717, 1.165) is 36.4 Å². The predicted octanol–water partition coefficient (Wildman–Crippen LogP) is 4.07. The first-order valence-electron chi connectivity index (χ1n) is 8.09. The number of hydrogen-bond acceptors (Lipinski definition) is 4. The number of unbranched alkanes of at least 4 members (excludes halogenated alkanes) is 1. The van der Waals surface area contributed by atoms with E-state index in [1.807, 2.05) is 50.1 Å². The lowest BCUT2D eigenvalue weighted by Crippen LogP contribution is -2.36. The molecule has 0 atom stereocenters. The van der Waals surface area contributed by atoms with Crippen LogP contribution in [0.4, 0.5) is 0 Å². The first kappa shape index (κ1) is 17.6. The molecule has 1 aliphatic heterocycles. The summed E-state index contributed by atoms with van der Waals surface area (Å²) in [7, 11) is 0. The Kier molecular flexibility index (Phi) is 5.26. The molecule has 2 rings (SSSR count). The first-order chi connectivity index (χ1) is 11.4. The van der Waals surface area contributed by atoms with Gasteiger partial charge in [-0.2, -0.15) is 15.5 Å². The molecule has 0 saturated carbocycles. The molecule has 0 radical (unpaired) electrons. The quantitative estimate of drug-likeness (QED) is 0.476. The minimum atomic E-state index is -0.478. The fourth-order valence-corrected chi connectivity index (χ4v) is 2.74. The molecule has 0 aromatic heterocycles. The number of nitriles is 2. The zero-order chi connectivity index (χ0) is 17.7. The summed E-state index contributed by atoms with van der Waals surface area (Å²) < 4.78 is 6.03. The lowest BCUT2D eigenvalue weighted by molar-refractivity contribution is 0.156. The number of benzene rings is 1. The van der Waals surface area contributed by atoms with Gasteiger partial charge in [0.1, 0.15) is 17.2 Å². The highest BCUT2D eigenvalue weighted by Gasteiger charge is 2.30. The van der Waals surface area contributed by atoms with Gasteiger partial charge in [-0.1, -0.05) is 13.3 Å². The van der Waals surface area contributed by atoms with Gasteiger partial charge in [-0.15, -0.1) is 0 Å². The number of fused-ring (bicyclic) bond motifs is 1. The lowest BCUT2D eigenvalue weighted by atomic mass is 9.96. The standard InChI is InChI=1S/C19H22N4O/c1-5-6-9-23(14(2)22-13-21)17-11-19(3,4)24-18-8-7-15(12-20)10-16(17)18/h7-8,10-11H,5-6,9H2,1-4H3/b22-14+. The Morgan fingerprint density at radius 1 is 1.33 bits per heavy atom. The summed E-state index contributed by atoms with van der Waals surface area (Å²) in [5, 5.41) is 18.1. The second-order valence-electron chi connectivity index (χ2n) is 6.32. The number of hydrogen-bond donors (Lipinski definition) is 0. The Balaban J connectivity index is 2.59. The maximum Gasteiger partial charge on any atom is 0.207 e. The van der Waals surface area contributed by atoms with Crippen molar-refractivity contribution in [3.05, 3.63) is 35.4 Å². The lowest BCUT2D eigenvalue weighted by Gasteiger charge is -2.36. The number of nitrogens with zero attached hydrogens (tertiary/aromatic N) is 4. The van der Waals surface area contributed by atoms with E-state index in [1.54, 1.807) is 6.07 Å². The van der Waals surface area contributed by atoms with Crippen LogP contribution in [0, 0.1) is 22.8 Å². The van der Waals surface area contributed by atoms with Crippen LogP contribution >= 0.6 is 0 Å². The topological polar surface area (TPSA) is 72.4 Å². The zero-order valence-corrected chi connectivity index (χ0v) is 14.6. The Hall–Kier alpha value is -2.79. The molecule has 124 valence electrons. The van der Waals surface area contributed by atoms with Crippen molar-refractivity contribution < 1.29 is 4.74 Å². The molecule has 24 heavy (non-hydrogen) atoms. The van der Waals surface area contributed by atoms with Crippen LogP contribution in [0.5, 0.6) is 5.75 Å². The molecule has 0 bridgehead atoms. The van der Waals surface area contributed by atoms with Gasteiger partial charge in [-0.3, -0.25) is 0 Å². The van der Waals surface area contributed by atoms with E-state index in [4.69, 9.17) is 10.00 Å². The summed E-state index contributed by atoms with van der Waals surface area (Å²) in [6.45, 7) is 8.69. The molecule has 0 aliphatic carbocycles. The minimum Gasteiger partial charge on any atom is -0.483 e. The van der Waals surface area contributed by atoms with Crippen LogP contribution in [0.15, 0.2) is 29.3 Å². The van der Waals surface area contributed by atoms with Crippen molar-refractivity contribution in [1.29, 1.82) is 10.5 Å². The Labute approximate surface area is 143 Å². The van der Waals surface area contributed by atoms with Crippen molar-refractivity contribution in [1.82, 2.24) is 4.90 Å². The fourth-order valence-electron chi connectivity index (χ4n) is 2.74. The van der Waals surface area contributed by atoms with E-state index in [-0.39, 0.29) is 0 Å². The van der Waals surface area contributed by atoms with Crippen molar-refractivity contribution in [2.45, 2.75) is 46.1 Å². The van der Waals surface area contributed by atoms with Gasteiger partial charge in [-0.25, -0.2) is 0 Å². The number of rotatable bonds is 4. The van der Waals surface area contributed by atoms with Crippen LogP contribution in [0.3, 0.4) is 0 Å². The van der Waals surface area contributed by atoms with Crippen molar-refractivity contribution >= 4 is 11.5 Å². The molecule has 1 aliphatic rings. The highest BCUT2D eigenvalue weighted by Crippen LogP contribution is 2.38. The maximum absolute atomic E-state index is 9.21. The second kappa shape index (κ2) is 7.19. The Bertz CT molecular complexity index is 763. The van der Waals surface area contributed by atoms with Crippen molar-refractivity contribution in [2.75, 3.05) is 6.54 Å².